The van der Waals surface area contributed by atoms with Crippen LogP contribution < -0.4 is 10.1 Å². The molecule has 1 heterocycles. The summed E-state index contributed by atoms with van der Waals surface area (Å²) in [5, 5.41) is 3.39. The second-order valence-electron chi connectivity index (χ2n) is 9.08. The highest BCUT2D eigenvalue weighted by molar-refractivity contribution is 6.31. The van der Waals surface area contributed by atoms with Crippen LogP contribution in [0, 0.1) is 12.8 Å². The summed E-state index contributed by atoms with van der Waals surface area (Å²) in [5.41, 5.74) is 1.90. The molecule has 43 heavy (non-hydrogen) atoms. The Morgan fingerprint density at radius 1 is 1.05 bits per heavy atom. The molecule has 0 aliphatic carbocycles. The molecule has 0 bridgehead atoms. The minimum Gasteiger partial charge on any atom is -0.495 e. The van der Waals surface area contributed by atoms with Crippen LogP contribution in [0.3, 0.4) is 0 Å². The maximum absolute atomic E-state index is 13.1. The van der Waals surface area contributed by atoms with E-state index in [4.69, 9.17) is 39.7 Å². The maximum atomic E-state index is 13.1. The number of carbonyl (C=O) groups is 1. The van der Waals surface area contributed by atoms with Crippen molar-refractivity contribution < 1.29 is 32.9 Å². The number of furan rings is 1. The van der Waals surface area contributed by atoms with E-state index in [1.807, 2.05) is 74.4 Å². The van der Waals surface area contributed by atoms with Gasteiger partial charge in [0, 0.05) is 24.1 Å². The average molecular weight is 623 g/mol. The van der Waals surface area contributed by atoms with E-state index in [-0.39, 0.29) is 40.9 Å². The van der Waals surface area contributed by atoms with Crippen molar-refractivity contribution >= 4 is 23.4 Å². The molecule has 2 aromatic rings. The van der Waals surface area contributed by atoms with E-state index in [1.54, 1.807) is 13.2 Å². The standard InChI is InChI=1S/C29H39ClN2O7.2C2H6/c1-10-18(4)28(37-14-13-34-7)32-29(36-9)26(20(6)35-8)31-27(33)23-11-12-25(38-23)39-24-16-21(17(2)3)22(30)15-19(24)5;2*1-2/h11-12,15-18H,6,10,13-14H2,1-5,7-9H3,(H,31,33);2*1-2H3/b29-26-,32-28+;;. The number of rotatable bonds is 14. The number of carbonyl (C=O) groups excluding carboxylic acids is 1. The van der Waals surface area contributed by atoms with Gasteiger partial charge < -0.3 is 33.4 Å². The topological polar surface area (TPSA) is 101 Å². The zero-order chi connectivity index (χ0) is 33.1. The monoisotopic (exact) mass is 622 g/mol. The molecule has 0 saturated heterocycles. The number of benzene rings is 1. The largest absolute Gasteiger partial charge is 0.495 e. The number of amides is 1. The number of nitrogens with one attached hydrogen (secondary N) is 1. The molecule has 0 saturated carbocycles. The predicted octanol–water partition coefficient (Wildman–Crippen LogP) is 9.02. The van der Waals surface area contributed by atoms with E-state index in [0.717, 1.165) is 17.5 Å². The number of aliphatic imine (C=N–C) groups is 1. The highest BCUT2D eigenvalue weighted by Gasteiger charge is 2.22. The van der Waals surface area contributed by atoms with E-state index >= 15 is 0 Å². The molecular formula is C33H51ClN2O7. The molecule has 242 valence electrons. The van der Waals surface area contributed by atoms with Gasteiger partial charge in [0.1, 0.15) is 23.8 Å². The molecule has 0 spiro atoms. The summed E-state index contributed by atoms with van der Waals surface area (Å²) in [7, 11) is 4.44. The molecule has 0 aliphatic rings. The summed E-state index contributed by atoms with van der Waals surface area (Å²) in [6, 6.07) is 6.78. The first kappa shape index (κ1) is 39.6. The summed E-state index contributed by atoms with van der Waals surface area (Å²) < 4.78 is 33.3. The molecule has 0 aliphatic heterocycles. The Labute approximate surface area is 263 Å². The second-order valence-corrected chi connectivity index (χ2v) is 9.49. The zero-order valence-corrected chi connectivity index (χ0v) is 28.7. The van der Waals surface area contributed by atoms with Gasteiger partial charge in [-0.1, -0.05) is 73.6 Å². The fourth-order valence-electron chi connectivity index (χ4n) is 3.34. The second kappa shape index (κ2) is 21.3. The Morgan fingerprint density at radius 2 is 1.70 bits per heavy atom. The Hall–Kier alpha value is -3.43. The van der Waals surface area contributed by atoms with E-state index in [2.05, 4.69) is 16.9 Å². The lowest BCUT2D eigenvalue weighted by Crippen LogP contribution is -2.26. The van der Waals surface area contributed by atoms with Gasteiger partial charge >= 0.3 is 0 Å². The summed E-state index contributed by atoms with van der Waals surface area (Å²) in [6.45, 7) is 22.5. The van der Waals surface area contributed by atoms with Crippen LogP contribution in [-0.4, -0.2) is 46.3 Å². The normalized spacial score (nSPS) is 12.1. The van der Waals surface area contributed by atoms with Crippen molar-refractivity contribution in [1.29, 1.82) is 0 Å². The molecular weight excluding hydrogens is 572 g/mol. The maximum Gasteiger partial charge on any atom is 0.291 e. The quantitative estimate of drug-likeness (QED) is 0.0737. The first-order chi connectivity index (χ1) is 20.6. The van der Waals surface area contributed by atoms with Gasteiger partial charge in [0.05, 0.1) is 20.8 Å². The Kier molecular flexibility index (Phi) is 19.6. The number of ether oxygens (including phenoxy) is 5. The predicted molar refractivity (Wildman–Crippen MR) is 174 cm³/mol. The van der Waals surface area contributed by atoms with Crippen molar-refractivity contribution in [2.75, 3.05) is 34.5 Å². The lowest BCUT2D eigenvalue weighted by Gasteiger charge is -2.17. The van der Waals surface area contributed by atoms with Crippen LogP contribution in [0.2, 0.25) is 5.02 Å². The molecule has 1 aromatic carbocycles. The number of halogens is 1. The fourth-order valence-corrected chi connectivity index (χ4v) is 3.78. The van der Waals surface area contributed by atoms with Gasteiger partial charge in [-0.25, -0.2) is 0 Å². The Balaban J connectivity index is 0.00000422. The van der Waals surface area contributed by atoms with E-state index in [9.17, 15) is 4.79 Å². The van der Waals surface area contributed by atoms with Crippen LogP contribution in [0.15, 0.2) is 57.6 Å². The lowest BCUT2D eigenvalue weighted by molar-refractivity contribution is 0.0926. The molecule has 1 N–H and O–H groups in total. The Bertz CT molecular complexity index is 1200. The molecule has 1 atom stereocenters. The van der Waals surface area contributed by atoms with Crippen LogP contribution in [0.1, 0.15) is 89.4 Å². The average Bonchev–Trinajstić information content (AvgIpc) is 3.49. The van der Waals surface area contributed by atoms with Crippen molar-refractivity contribution in [2.24, 2.45) is 10.9 Å². The van der Waals surface area contributed by atoms with E-state index in [0.29, 0.717) is 29.9 Å². The summed E-state index contributed by atoms with van der Waals surface area (Å²) in [5.74, 6) is 0.957. The number of aryl methyl sites for hydroxylation is 1. The molecule has 10 heteroatoms. The van der Waals surface area contributed by atoms with Crippen molar-refractivity contribution in [3.8, 4) is 11.7 Å². The molecule has 1 amide bonds. The van der Waals surface area contributed by atoms with Gasteiger partial charge in [-0.15, -0.1) is 0 Å². The van der Waals surface area contributed by atoms with Gasteiger partial charge in [0.15, 0.2) is 11.7 Å². The summed E-state index contributed by atoms with van der Waals surface area (Å²) in [4.78, 5) is 17.7. The van der Waals surface area contributed by atoms with Crippen molar-refractivity contribution in [2.45, 2.75) is 74.7 Å². The molecule has 9 nitrogen and oxygen atoms in total. The van der Waals surface area contributed by atoms with E-state index < -0.39 is 5.91 Å². The van der Waals surface area contributed by atoms with Crippen LogP contribution in [0.25, 0.3) is 0 Å². The number of hydrogen-bond acceptors (Lipinski definition) is 8. The molecule has 0 fully saturated rings. The SMILES string of the molecule is C=C(OC)/C(NC(=O)c1ccc(Oc2cc(C(C)C)c(Cl)cc2C)o1)=C(\N=C(\OCCOC)C(C)CC)OC.CC.CC. The van der Waals surface area contributed by atoms with Gasteiger partial charge in [-0.2, -0.15) is 4.99 Å². The minimum atomic E-state index is -0.580. The van der Waals surface area contributed by atoms with Crippen LogP contribution in [-0.2, 0) is 18.9 Å². The first-order valence-electron chi connectivity index (χ1n) is 14.7. The van der Waals surface area contributed by atoms with Gasteiger partial charge in [-0.05, 0) is 48.6 Å². The van der Waals surface area contributed by atoms with Crippen molar-refractivity contribution in [1.82, 2.24) is 5.32 Å². The van der Waals surface area contributed by atoms with E-state index in [1.165, 1.54) is 20.3 Å². The molecule has 1 aromatic heterocycles. The third-order valence-corrected chi connectivity index (χ3v) is 6.21. The van der Waals surface area contributed by atoms with Crippen LogP contribution in [0.5, 0.6) is 11.7 Å². The summed E-state index contributed by atoms with van der Waals surface area (Å²) >= 11 is 6.37. The number of nitrogens with zero attached hydrogens (tertiary/aromatic N) is 1. The lowest BCUT2D eigenvalue weighted by atomic mass is 10.0. The fraction of sp³-hybridized carbons (Fsp3) is 0.515. The molecule has 1 unspecified atom stereocenters. The Morgan fingerprint density at radius 3 is 2.23 bits per heavy atom. The van der Waals surface area contributed by atoms with Gasteiger partial charge in [-0.3, -0.25) is 4.79 Å². The summed E-state index contributed by atoms with van der Waals surface area (Å²) in [6.07, 6.45) is 0.774. The highest BCUT2D eigenvalue weighted by atomic mass is 35.5. The first-order valence-corrected chi connectivity index (χ1v) is 15.0. The third kappa shape index (κ3) is 12.4. The number of methoxy groups -OCH3 is 3. The van der Waals surface area contributed by atoms with Crippen molar-refractivity contribution in [3.05, 3.63) is 70.1 Å². The van der Waals surface area contributed by atoms with Gasteiger partial charge in [0.25, 0.3) is 11.9 Å². The van der Waals surface area contributed by atoms with Crippen LogP contribution >= 0.6 is 11.6 Å². The van der Waals surface area contributed by atoms with Crippen LogP contribution in [0.4, 0.5) is 0 Å². The molecule has 2 rings (SSSR count). The third-order valence-electron chi connectivity index (χ3n) is 5.89. The van der Waals surface area contributed by atoms with Gasteiger partial charge in [0.2, 0.25) is 5.88 Å². The highest BCUT2D eigenvalue weighted by Crippen LogP contribution is 2.34. The smallest absolute Gasteiger partial charge is 0.291 e. The minimum absolute atomic E-state index is 0.0000274. The molecule has 0 radical (unpaired) electrons. The van der Waals surface area contributed by atoms with Crippen molar-refractivity contribution in [3.63, 3.8) is 0 Å². The number of hydrogen-bond donors (Lipinski definition) is 1. The zero-order valence-electron chi connectivity index (χ0n) is 28.0.